The minimum atomic E-state index is -0.0661. The predicted molar refractivity (Wildman–Crippen MR) is 88.5 cm³/mol. The Morgan fingerprint density at radius 1 is 1.26 bits per heavy atom. The molecule has 1 fully saturated rings. The molecule has 2 aromatic rings. The molecule has 0 saturated heterocycles. The smallest absolute Gasteiger partial charge is 0.309 e. The van der Waals surface area contributed by atoms with Gasteiger partial charge < -0.3 is 9.72 Å². The van der Waals surface area contributed by atoms with Crippen LogP contribution in [0.15, 0.2) is 29.1 Å². The molecule has 1 aromatic carbocycles. The molecule has 2 aliphatic rings. The largest absolute Gasteiger partial charge is 0.469 e. The second kappa shape index (κ2) is 4.95. The molecule has 1 N–H and O–H groups in total. The van der Waals surface area contributed by atoms with Crippen molar-refractivity contribution in [3.63, 3.8) is 0 Å². The summed E-state index contributed by atoms with van der Waals surface area (Å²) in [5, 5.41) is 1.14. The fourth-order valence-electron chi connectivity index (χ4n) is 4.94. The number of carbonyl (C=O) groups excluding carboxylic acids is 1. The van der Waals surface area contributed by atoms with Crippen molar-refractivity contribution in [2.45, 2.75) is 38.5 Å². The molecule has 1 saturated carbocycles. The minimum absolute atomic E-state index is 0.00285. The number of aryl methyl sites for hydroxylation is 1. The zero-order chi connectivity index (χ0) is 16.2. The van der Waals surface area contributed by atoms with E-state index in [2.05, 4.69) is 18.0 Å². The van der Waals surface area contributed by atoms with Gasteiger partial charge >= 0.3 is 5.97 Å². The molecule has 4 heteroatoms. The average Bonchev–Trinajstić information content (AvgIpc) is 2.90. The van der Waals surface area contributed by atoms with Gasteiger partial charge in [0.2, 0.25) is 5.56 Å². The summed E-state index contributed by atoms with van der Waals surface area (Å²) >= 11 is 0. The van der Waals surface area contributed by atoms with Gasteiger partial charge in [-0.05, 0) is 60.3 Å². The maximum absolute atomic E-state index is 12.2. The van der Waals surface area contributed by atoms with Crippen LogP contribution >= 0.6 is 0 Å². The van der Waals surface area contributed by atoms with Gasteiger partial charge in [-0.3, -0.25) is 9.59 Å². The van der Waals surface area contributed by atoms with Crippen molar-refractivity contribution in [3.8, 4) is 0 Å². The van der Waals surface area contributed by atoms with Crippen LogP contribution in [0.25, 0.3) is 10.9 Å². The van der Waals surface area contributed by atoms with Crippen LogP contribution in [-0.2, 0) is 16.0 Å². The molecule has 0 unspecified atom stereocenters. The van der Waals surface area contributed by atoms with Gasteiger partial charge in [-0.2, -0.15) is 0 Å². The Hall–Kier alpha value is -2.10. The number of hydrogen-bond donors (Lipinski definition) is 1. The van der Waals surface area contributed by atoms with E-state index >= 15 is 0 Å². The number of methoxy groups -OCH3 is 1. The van der Waals surface area contributed by atoms with Crippen molar-refractivity contribution >= 4 is 16.9 Å². The molecule has 120 valence electrons. The third-order valence-electron chi connectivity index (χ3n) is 6.16. The van der Waals surface area contributed by atoms with Crippen LogP contribution in [0, 0.1) is 11.3 Å². The second-order valence-electron chi connectivity index (χ2n) is 7.13. The Morgan fingerprint density at radius 2 is 2.09 bits per heavy atom. The third-order valence-corrected chi connectivity index (χ3v) is 6.16. The van der Waals surface area contributed by atoms with Gasteiger partial charge in [0, 0.05) is 17.0 Å². The van der Waals surface area contributed by atoms with Crippen molar-refractivity contribution in [2.24, 2.45) is 11.3 Å². The number of ether oxygens (including phenoxy) is 1. The highest BCUT2D eigenvalue weighted by Gasteiger charge is 2.52. The van der Waals surface area contributed by atoms with Crippen LogP contribution in [0.1, 0.15) is 43.2 Å². The Labute approximate surface area is 134 Å². The first-order valence-electron chi connectivity index (χ1n) is 8.27. The van der Waals surface area contributed by atoms with Gasteiger partial charge in [-0.15, -0.1) is 0 Å². The molecule has 0 amide bonds. The molecule has 0 aliphatic heterocycles. The van der Waals surface area contributed by atoms with Gasteiger partial charge in [-0.25, -0.2) is 0 Å². The first-order chi connectivity index (χ1) is 11.0. The molecule has 2 aliphatic carbocycles. The van der Waals surface area contributed by atoms with Crippen molar-refractivity contribution in [2.75, 3.05) is 7.11 Å². The normalized spacial score (nSPS) is 29.1. The summed E-state index contributed by atoms with van der Waals surface area (Å²) in [5.41, 5.74) is 3.51. The average molecular weight is 311 g/mol. The molecular formula is C19H21NO3. The number of benzene rings is 1. The lowest BCUT2D eigenvalue weighted by molar-refractivity contribution is -0.149. The van der Waals surface area contributed by atoms with Gasteiger partial charge in [0.05, 0.1) is 13.0 Å². The molecule has 4 rings (SSSR count). The number of rotatable bonds is 1. The van der Waals surface area contributed by atoms with E-state index in [0.717, 1.165) is 36.6 Å². The molecule has 0 radical (unpaired) electrons. The first-order valence-corrected chi connectivity index (χ1v) is 8.27. The van der Waals surface area contributed by atoms with Crippen molar-refractivity contribution in [3.05, 3.63) is 45.7 Å². The van der Waals surface area contributed by atoms with E-state index in [1.165, 1.54) is 18.2 Å². The number of pyridine rings is 1. The number of nitrogens with one attached hydrogen (secondary N) is 1. The van der Waals surface area contributed by atoms with E-state index in [1.54, 1.807) is 6.07 Å². The van der Waals surface area contributed by atoms with Crippen LogP contribution in [-0.4, -0.2) is 18.1 Å². The number of hydrogen-bond acceptors (Lipinski definition) is 3. The fraction of sp³-hybridized carbons (Fsp3) is 0.474. The van der Waals surface area contributed by atoms with E-state index in [4.69, 9.17) is 4.74 Å². The Morgan fingerprint density at radius 3 is 2.87 bits per heavy atom. The van der Waals surface area contributed by atoms with Crippen LogP contribution < -0.4 is 5.56 Å². The third kappa shape index (κ3) is 1.97. The topological polar surface area (TPSA) is 59.2 Å². The van der Waals surface area contributed by atoms with E-state index in [1.807, 2.05) is 12.1 Å². The molecule has 1 aromatic heterocycles. The number of aromatic amines is 1. The Kier molecular flexibility index (Phi) is 3.12. The molecule has 4 nitrogen and oxygen atoms in total. The lowest BCUT2D eigenvalue weighted by Crippen LogP contribution is -2.36. The zero-order valence-corrected chi connectivity index (χ0v) is 13.5. The zero-order valence-electron chi connectivity index (χ0n) is 13.5. The van der Waals surface area contributed by atoms with E-state index < -0.39 is 0 Å². The van der Waals surface area contributed by atoms with Gasteiger partial charge in [-0.1, -0.05) is 13.0 Å². The summed E-state index contributed by atoms with van der Waals surface area (Å²) in [6.45, 7) is 2.24. The van der Waals surface area contributed by atoms with Crippen LogP contribution in [0.4, 0.5) is 0 Å². The maximum atomic E-state index is 12.2. The Balaban J connectivity index is 1.84. The second-order valence-corrected chi connectivity index (χ2v) is 7.13. The summed E-state index contributed by atoms with van der Waals surface area (Å²) in [6, 6.07) is 7.69. The van der Waals surface area contributed by atoms with Gasteiger partial charge in [0.1, 0.15) is 0 Å². The summed E-state index contributed by atoms with van der Waals surface area (Å²) in [6.07, 6.45) is 3.86. The highest BCUT2D eigenvalue weighted by atomic mass is 16.5. The number of H-pyrrole nitrogens is 1. The van der Waals surface area contributed by atoms with E-state index in [0.29, 0.717) is 5.92 Å². The van der Waals surface area contributed by atoms with Crippen molar-refractivity contribution < 1.29 is 9.53 Å². The Bertz CT molecular complexity index is 853. The van der Waals surface area contributed by atoms with E-state index in [-0.39, 0.29) is 22.9 Å². The monoisotopic (exact) mass is 311 g/mol. The summed E-state index contributed by atoms with van der Waals surface area (Å²) in [7, 11) is 1.49. The quantitative estimate of drug-likeness (QED) is 0.823. The first kappa shape index (κ1) is 14.5. The highest BCUT2D eigenvalue weighted by molar-refractivity contribution is 5.84. The van der Waals surface area contributed by atoms with Crippen LogP contribution in [0.3, 0.4) is 0 Å². The summed E-state index contributed by atoms with van der Waals surface area (Å²) < 4.78 is 5.04. The number of aromatic nitrogens is 1. The highest BCUT2D eigenvalue weighted by Crippen LogP contribution is 2.59. The van der Waals surface area contributed by atoms with Crippen LogP contribution in [0.2, 0.25) is 0 Å². The lowest BCUT2D eigenvalue weighted by Gasteiger charge is -2.41. The molecule has 23 heavy (non-hydrogen) atoms. The molecular weight excluding hydrogens is 290 g/mol. The fourth-order valence-corrected chi connectivity index (χ4v) is 4.94. The standard InChI is InChI=1S/C19H21NO3/c1-19-10-9-11-12(14(19)5-6-15(19)18(22)23-2)3-7-16-13(11)4-8-17(21)20-16/h3-4,7-8,14-15H,5-6,9-10H2,1-2H3,(H,20,21)/t14-,15+,19-/m0/s1. The predicted octanol–water partition coefficient (Wildman–Crippen LogP) is 3.15. The molecule has 0 spiro atoms. The van der Waals surface area contributed by atoms with E-state index in [9.17, 15) is 9.59 Å². The van der Waals surface area contributed by atoms with Crippen molar-refractivity contribution in [1.29, 1.82) is 0 Å². The molecule has 1 heterocycles. The van der Waals surface area contributed by atoms with Gasteiger partial charge in [0.25, 0.3) is 0 Å². The SMILES string of the molecule is COC(=O)[C@H]1CC[C@H]2c3ccc4[nH]c(=O)ccc4c3CC[C@]12C. The number of esters is 1. The lowest BCUT2D eigenvalue weighted by atomic mass is 9.63. The molecule has 3 atom stereocenters. The van der Waals surface area contributed by atoms with Crippen molar-refractivity contribution in [1.82, 2.24) is 4.98 Å². The number of fused-ring (bicyclic) bond motifs is 5. The number of carbonyl (C=O) groups is 1. The minimum Gasteiger partial charge on any atom is -0.469 e. The van der Waals surface area contributed by atoms with Gasteiger partial charge in [0.15, 0.2) is 0 Å². The summed E-state index contributed by atoms with van der Waals surface area (Å²) in [5.74, 6) is 0.326. The maximum Gasteiger partial charge on any atom is 0.309 e. The van der Waals surface area contributed by atoms with Crippen LogP contribution in [0.5, 0.6) is 0 Å². The molecule has 0 bridgehead atoms. The summed E-state index contributed by atoms with van der Waals surface area (Å²) in [4.78, 5) is 26.6.